The quantitative estimate of drug-likeness (QED) is 0.519. The van der Waals surface area contributed by atoms with Gasteiger partial charge in [-0.25, -0.2) is 4.79 Å². The summed E-state index contributed by atoms with van der Waals surface area (Å²) >= 11 is 0. The minimum atomic E-state index is -0.179. The summed E-state index contributed by atoms with van der Waals surface area (Å²) < 4.78 is 5.28. The molecular weight excluding hydrogens is 200 g/mol. The second kappa shape index (κ2) is 5.88. The SMILES string of the molecule is CCCC(CC)CC1=CC(=C(C)C)C(=O)O1. The fourth-order valence-electron chi connectivity index (χ4n) is 2.02. The van der Waals surface area contributed by atoms with Gasteiger partial charge >= 0.3 is 5.97 Å². The summed E-state index contributed by atoms with van der Waals surface area (Å²) in [5, 5.41) is 0. The summed E-state index contributed by atoms with van der Waals surface area (Å²) in [6, 6.07) is 0. The molecule has 0 aromatic heterocycles. The number of hydrogen-bond acceptors (Lipinski definition) is 2. The largest absolute Gasteiger partial charge is 0.427 e. The van der Waals surface area contributed by atoms with Crippen LogP contribution in [0.4, 0.5) is 0 Å². The van der Waals surface area contributed by atoms with Crippen molar-refractivity contribution >= 4 is 5.97 Å². The first-order valence-corrected chi connectivity index (χ1v) is 6.18. The molecule has 0 spiro atoms. The number of esters is 1. The third-order valence-corrected chi connectivity index (χ3v) is 3.05. The summed E-state index contributed by atoms with van der Waals surface area (Å²) in [4.78, 5) is 11.5. The Morgan fingerprint density at radius 3 is 2.50 bits per heavy atom. The van der Waals surface area contributed by atoms with Crippen LogP contribution in [-0.4, -0.2) is 5.97 Å². The first-order valence-electron chi connectivity index (χ1n) is 6.18. The Morgan fingerprint density at radius 1 is 1.38 bits per heavy atom. The molecule has 0 saturated carbocycles. The van der Waals surface area contributed by atoms with E-state index in [1.54, 1.807) is 0 Å². The highest BCUT2D eigenvalue weighted by Gasteiger charge is 2.23. The van der Waals surface area contributed by atoms with Crippen molar-refractivity contribution in [2.24, 2.45) is 5.92 Å². The Labute approximate surface area is 98.4 Å². The first kappa shape index (κ1) is 13.0. The number of allylic oxidation sites excluding steroid dienone is 2. The van der Waals surface area contributed by atoms with Gasteiger partial charge in [0.05, 0.1) is 5.57 Å². The minimum absolute atomic E-state index is 0.179. The molecular formula is C14H22O2. The van der Waals surface area contributed by atoms with Gasteiger partial charge in [-0.2, -0.15) is 0 Å². The molecule has 1 heterocycles. The van der Waals surface area contributed by atoms with E-state index in [-0.39, 0.29) is 5.97 Å². The second-order valence-electron chi connectivity index (χ2n) is 4.68. The molecule has 0 radical (unpaired) electrons. The van der Waals surface area contributed by atoms with Crippen molar-refractivity contribution in [2.45, 2.75) is 53.4 Å². The van der Waals surface area contributed by atoms with E-state index in [0.29, 0.717) is 5.92 Å². The molecule has 0 aromatic carbocycles. The van der Waals surface area contributed by atoms with Gasteiger partial charge in [-0.3, -0.25) is 0 Å². The van der Waals surface area contributed by atoms with Crippen LogP contribution in [0.1, 0.15) is 53.4 Å². The maximum Gasteiger partial charge on any atom is 0.343 e. The van der Waals surface area contributed by atoms with Gasteiger partial charge in [0, 0.05) is 6.42 Å². The molecule has 0 saturated heterocycles. The third kappa shape index (κ3) is 3.22. The Morgan fingerprint density at radius 2 is 2.06 bits per heavy atom. The summed E-state index contributed by atoms with van der Waals surface area (Å²) in [5.41, 5.74) is 1.77. The van der Waals surface area contributed by atoms with Crippen LogP contribution >= 0.6 is 0 Å². The molecule has 1 aliphatic rings. The summed E-state index contributed by atoms with van der Waals surface area (Å²) in [7, 11) is 0. The lowest BCUT2D eigenvalue weighted by molar-refractivity contribution is -0.133. The van der Waals surface area contributed by atoms with Crippen LogP contribution in [-0.2, 0) is 9.53 Å². The van der Waals surface area contributed by atoms with Crippen LogP contribution in [0, 0.1) is 5.92 Å². The molecule has 1 aliphatic heterocycles. The normalized spacial score (nSPS) is 17.1. The number of hydrogen-bond donors (Lipinski definition) is 0. The van der Waals surface area contributed by atoms with Crippen molar-refractivity contribution in [3.63, 3.8) is 0 Å². The zero-order chi connectivity index (χ0) is 12.1. The molecule has 0 N–H and O–H groups in total. The zero-order valence-corrected chi connectivity index (χ0v) is 10.8. The van der Waals surface area contributed by atoms with Gasteiger partial charge < -0.3 is 4.74 Å². The minimum Gasteiger partial charge on any atom is -0.427 e. The summed E-state index contributed by atoms with van der Waals surface area (Å²) in [5.74, 6) is 1.31. The number of carbonyl (C=O) groups is 1. The standard InChI is InChI=1S/C14H22O2/c1-5-7-11(6-2)8-12-9-13(10(3)4)14(15)16-12/h9,11H,5-8H2,1-4H3. The Balaban J connectivity index is 2.67. The molecule has 1 atom stereocenters. The van der Waals surface area contributed by atoms with E-state index in [1.165, 1.54) is 12.8 Å². The van der Waals surface area contributed by atoms with Gasteiger partial charge in [0.25, 0.3) is 0 Å². The monoisotopic (exact) mass is 222 g/mol. The fraction of sp³-hybridized carbons (Fsp3) is 0.643. The van der Waals surface area contributed by atoms with E-state index in [1.807, 2.05) is 19.9 Å². The molecule has 0 aliphatic carbocycles. The van der Waals surface area contributed by atoms with Crippen LogP contribution in [0.25, 0.3) is 0 Å². The molecule has 16 heavy (non-hydrogen) atoms. The van der Waals surface area contributed by atoms with Gasteiger partial charge in [-0.15, -0.1) is 0 Å². The Bertz CT molecular complexity index is 320. The highest BCUT2D eigenvalue weighted by molar-refractivity contribution is 5.95. The maximum atomic E-state index is 11.5. The second-order valence-corrected chi connectivity index (χ2v) is 4.68. The van der Waals surface area contributed by atoms with Crippen LogP contribution in [0.5, 0.6) is 0 Å². The fourth-order valence-corrected chi connectivity index (χ4v) is 2.02. The van der Waals surface area contributed by atoms with Crippen molar-refractivity contribution in [2.75, 3.05) is 0 Å². The number of rotatable bonds is 5. The van der Waals surface area contributed by atoms with Gasteiger partial charge in [0.15, 0.2) is 0 Å². The predicted octanol–water partition coefficient (Wildman–Crippen LogP) is 3.98. The summed E-state index contributed by atoms with van der Waals surface area (Å²) in [6.45, 7) is 8.28. The van der Waals surface area contributed by atoms with Gasteiger partial charge in [-0.1, -0.05) is 38.7 Å². The Hall–Kier alpha value is -1.05. The predicted molar refractivity (Wildman–Crippen MR) is 65.9 cm³/mol. The summed E-state index contributed by atoms with van der Waals surface area (Å²) in [6.07, 6.45) is 6.35. The van der Waals surface area contributed by atoms with Crippen LogP contribution < -0.4 is 0 Å². The van der Waals surface area contributed by atoms with Crippen LogP contribution in [0.15, 0.2) is 23.0 Å². The molecule has 90 valence electrons. The number of carbonyl (C=O) groups excluding carboxylic acids is 1. The van der Waals surface area contributed by atoms with Crippen LogP contribution in [0.3, 0.4) is 0 Å². The van der Waals surface area contributed by atoms with Crippen molar-refractivity contribution in [1.82, 2.24) is 0 Å². The van der Waals surface area contributed by atoms with Gasteiger partial charge in [-0.05, 0) is 25.8 Å². The third-order valence-electron chi connectivity index (χ3n) is 3.05. The zero-order valence-electron chi connectivity index (χ0n) is 10.8. The maximum absolute atomic E-state index is 11.5. The van der Waals surface area contributed by atoms with Crippen molar-refractivity contribution in [3.8, 4) is 0 Å². The van der Waals surface area contributed by atoms with Crippen molar-refractivity contribution in [3.05, 3.63) is 23.0 Å². The highest BCUT2D eigenvalue weighted by Crippen LogP contribution is 2.28. The molecule has 0 bridgehead atoms. The van der Waals surface area contributed by atoms with E-state index in [2.05, 4.69) is 13.8 Å². The molecule has 1 unspecified atom stereocenters. The van der Waals surface area contributed by atoms with E-state index >= 15 is 0 Å². The topological polar surface area (TPSA) is 26.3 Å². The molecule has 0 fully saturated rings. The smallest absolute Gasteiger partial charge is 0.343 e. The molecule has 0 amide bonds. The molecule has 0 aromatic rings. The lowest BCUT2D eigenvalue weighted by Gasteiger charge is -2.13. The number of ether oxygens (including phenoxy) is 1. The van der Waals surface area contributed by atoms with E-state index < -0.39 is 0 Å². The highest BCUT2D eigenvalue weighted by atomic mass is 16.5. The average Bonchev–Trinajstić information content (AvgIpc) is 2.59. The molecule has 1 rings (SSSR count). The van der Waals surface area contributed by atoms with E-state index in [9.17, 15) is 4.79 Å². The van der Waals surface area contributed by atoms with Crippen molar-refractivity contribution < 1.29 is 9.53 Å². The average molecular weight is 222 g/mol. The lowest BCUT2D eigenvalue weighted by atomic mass is 9.96. The first-order chi connectivity index (χ1) is 7.58. The number of cyclic esters (lactones) is 1. The van der Waals surface area contributed by atoms with E-state index in [4.69, 9.17) is 4.74 Å². The van der Waals surface area contributed by atoms with E-state index in [0.717, 1.165) is 29.7 Å². The van der Waals surface area contributed by atoms with Crippen LogP contribution in [0.2, 0.25) is 0 Å². The lowest BCUT2D eigenvalue weighted by Crippen LogP contribution is -2.03. The van der Waals surface area contributed by atoms with Crippen molar-refractivity contribution in [1.29, 1.82) is 0 Å². The molecule has 2 heteroatoms. The van der Waals surface area contributed by atoms with Gasteiger partial charge in [0.1, 0.15) is 5.76 Å². The molecule has 2 nitrogen and oxygen atoms in total. The Kier molecular flexibility index (Phi) is 4.78. The van der Waals surface area contributed by atoms with Gasteiger partial charge in [0.2, 0.25) is 0 Å².